The van der Waals surface area contributed by atoms with Crippen LogP contribution in [0.15, 0.2) is 53.8 Å². The molecule has 2 rings (SSSR count). The van der Waals surface area contributed by atoms with Gasteiger partial charge in [-0.2, -0.15) is 18.3 Å². The third kappa shape index (κ3) is 4.63. The van der Waals surface area contributed by atoms with Gasteiger partial charge in [0.1, 0.15) is 5.82 Å². The number of rotatable bonds is 5. The Morgan fingerprint density at radius 3 is 2.58 bits per heavy atom. The summed E-state index contributed by atoms with van der Waals surface area (Å²) < 4.78 is 37.1. The molecule has 0 aliphatic rings. The van der Waals surface area contributed by atoms with Crippen molar-refractivity contribution in [3.63, 3.8) is 0 Å². The van der Waals surface area contributed by atoms with E-state index < -0.39 is 16.7 Å². The minimum atomic E-state index is -4.44. The lowest BCUT2D eigenvalue weighted by Gasteiger charge is -2.06. The van der Waals surface area contributed by atoms with Crippen molar-refractivity contribution >= 4 is 23.8 Å². The van der Waals surface area contributed by atoms with Gasteiger partial charge >= 0.3 is 6.18 Å². The zero-order valence-electron chi connectivity index (χ0n) is 12.1. The fraction of sp³-hybridized carbons (Fsp3) is 0.0667. The van der Waals surface area contributed by atoms with Gasteiger partial charge in [-0.05, 0) is 30.4 Å². The molecular formula is C15H11F3N4O2. The number of anilines is 1. The third-order valence-electron chi connectivity index (χ3n) is 2.84. The number of halogens is 3. The van der Waals surface area contributed by atoms with Gasteiger partial charge in [0.2, 0.25) is 0 Å². The SMILES string of the molecule is O=[N+]([O-])c1ccccc1/C=C/C=N\Nc1ccc(C(F)(F)F)cn1. The third-order valence-corrected chi connectivity index (χ3v) is 2.84. The fourth-order valence-corrected chi connectivity index (χ4v) is 1.72. The number of nitro benzene ring substituents is 1. The lowest BCUT2D eigenvalue weighted by molar-refractivity contribution is -0.385. The summed E-state index contributed by atoms with van der Waals surface area (Å²) in [4.78, 5) is 13.9. The standard InChI is InChI=1S/C15H11F3N4O2/c16-15(17,18)12-7-8-14(19-10-12)21-20-9-3-5-11-4-1-2-6-13(11)22(23)24/h1-10H,(H,19,21)/b5-3+,20-9-. The van der Waals surface area contributed by atoms with Crippen LogP contribution in [0, 0.1) is 10.1 Å². The molecule has 0 unspecified atom stereocenters. The molecule has 0 saturated heterocycles. The van der Waals surface area contributed by atoms with Crippen molar-refractivity contribution in [3.05, 3.63) is 69.9 Å². The largest absolute Gasteiger partial charge is 0.417 e. The quantitative estimate of drug-likeness (QED) is 0.506. The van der Waals surface area contributed by atoms with E-state index in [9.17, 15) is 23.3 Å². The number of hydrogen-bond donors (Lipinski definition) is 1. The number of nitro groups is 1. The molecular weight excluding hydrogens is 325 g/mol. The summed E-state index contributed by atoms with van der Waals surface area (Å²) in [7, 11) is 0. The number of alkyl halides is 3. The summed E-state index contributed by atoms with van der Waals surface area (Å²) in [6.45, 7) is 0. The molecule has 1 aromatic heterocycles. The highest BCUT2D eigenvalue weighted by Gasteiger charge is 2.30. The Morgan fingerprint density at radius 1 is 1.21 bits per heavy atom. The molecule has 0 spiro atoms. The van der Waals surface area contributed by atoms with E-state index in [1.807, 2.05) is 0 Å². The molecule has 0 saturated carbocycles. The molecule has 6 nitrogen and oxygen atoms in total. The first-order valence-corrected chi connectivity index (χ1v) is 6.60. The molecule has 1 heterocycles. The summed E-state index contributed by atoms with van der Waals surface area (Å²) >= 11 is 0. The van der Waals surface area contributed by atoms with Crippen LogP contribution in [0.2, 0.25) is 0 Å². The van der Waals surface area contributed by atoms with Gasteiger partial charge in [-0.3, -0.25) is 15.5 Å². The smallest absolute Gasteiger partial charge is 0.261 e. The summed E-state index contributed by atoms with van der Waals surface area (Å²) in [6.07, 6.45) is 0.502. The van der Waals surface area contributed by atoms with E-state index in [4.69, 9.17) is 0 Å². The van der Waals surface area contributed by atoms with Crippen LogP contribution in [-0.4, -0.2) is 16.1 Å². The monoisotopic (exact) mass is 336 g/mol. The number of nitrogens with one attached hydrogen (secondary N) is 1. The maximum Gasteiger partial charge on any atom is 0.417 e. The Bertz CT molecular complexity index is 771. The van der Waals surface area contributed by atoms with E-state index >= 15 is 0 Å². The van der Waals surface area contributed by atoms with Crippen LogP contribution in [0.5, 0.6) is 0 Å². The molecule has 124 valence electrons. The lowest BCUT2D eigenvalue weighted by atomic mass is 10.2. The van der Waals surface area contributed by atoms with Crippen molar-refractivity contribution in [1.29, 1.82) is 0 Å². The van der Waals surface area contributed by atoms with Crippen molar-refractivity contribution < 1.29 is 18.1 Å². The van der Waals surface area contributed by atoms with Gasteiger partial charge in [0.05, 0.1) is 16.1 Å². The molecule has 9 heteroatoms. The Morgan fingerprint density at radius 2 is 1.96 bits per heavy atom. The molecule has 24 heavy (non-hydrogen) atoms. The van der Waals surface area contributed by atoms with Crippen LogP contribution in [0.25, 0.3) is 6.08 Å². The Hall–Kier alpha value is -3.23. The second kappa shape index (κ2) is 7.36. The first kappa shape index (κ1) is 17.1. The molecule has 0 aliphatic heterocycles. The van der Waals surface area contributed by atoms with Gasteiger partial charge in [0.15, 0.2) is 0 Å². The second-order valence-electron chi connectivity index (χ2n) is 4.49. The number of pyridine rings is 1. The predicted octanol–water partition coefficient (Wildman–Crippen LogP) is 4.12. The average molecular weight is 336 g/mol. The number of hydrazone groups is 1. The van der Waals surface area contributed by atoms with Gasteiger partial charge < -0.3 is 0 Å². The topological polar surface area (TPSA) is 80.4 Å². The number of nitrogens with zero attached hydrogens (tertiary/aromatic N) is 3. The van der Waals surface area contributed by atoms with Crippen LogP contribution in [0.4, 0.5) is 24.7 Å². The number of benzene rings is 1. The summed E-state index contributed by atoms with van der Waals surface area (Å²) in [6, 6.07) is 8.20. The molecule has 0 bridgehead atoms. The number of aromatic nitrogens is 1. The first-order valence-electron chi connectivity index (χ1n) is 6.60. The van der Waals surface area contributed by atoms with Gasteiger partial charge in [-0.25, -0.2) is 4.98 Å². The fourth-order valence-electron chi connectivity index (χ4n) is 1.72. The average Bonchev–Trinajstić information content (AvgIpc) is 2.54. The molecule has 2 aromatic rings. The lowest BCUT2D eigenvalue weighted by Crippen LogP contribution is -2.05. The number of hydrogen-bond acceptors (Lipinski definition) is 5. The van der Waals surface area contributed by atoms with Gasteiger partial charge in [0, 0.05) is 18.5 Å². The molecule has 0 fully saturated rings. The van der Waals surface area contributed by atoms with Crippen molar-refractivity contribution in [3.8, 4) is 0 Å². The normalized spacial score (nSPS) is 12.0. The van der Waals surface area contributed by atoms with E-state index in [1.54, 1.807) is 18.2 Å². The maximum atomic E-state index is 12.4. The van der Waals surface area contributed by atoms with Crippen LogP contribution < -0.4 is 5.43 Å². The molecule has 1 aromatic carbocycles. The van der Waals surface area contributed by atoms with Crippen LogP contribution in [-0.2, 0) is 6.18 Å². The molecule has 1 N–H and O–H groups in total. The van der Waals surface area contributed by atoms with Crippen molar-refractivity contribution in [2.24, 2.45) is 5.10 Å². The highest BCUT2D eigenvalue weighted by atomic mass is 19.4. The minimum absolute atomic E-state index is 0.0421. The zero-order valence-corrected chi connectivity index (χ0v) is 12.1. The van der Waals surface area contributed by atoms with E-state index in [1.165, 1.54) is 24.4 Å². The maximum absolute atomic E-state index is 12.4. The second-order valence-corrected chi connectivity index (χ2v) is 4.49. The molecule has 0 aliphatic carbocycles. The van der Waals surface area contributed by atoms with Gasteiger partial charge in [0.25, 0.3) is 5.69 Å². The van der Waals surface area contributed by atoms with E-state index in [0.717, 1.165) is 12.1 Å². The van der Waals surface area contributed by atoms with E-state index in [-0.39, 0.29) is 11.5 Å². The van der Waals surface area contributed by atoms with Crippen LogP contribution in [0.1, 0.15) is 11.1 Å². The first-order chi connectivity index (χ1) is 11.4. The Labute approximate surface area is 134 Å². The zero-order chi connectivity index (χ0) is 17.6. The summed E-state index contributed by atoms with van der Waals surface area (Å²) in [5.74, 6) is 0.137. The molecule has 0 amide bonds. The highest BCUT2D eigenvalue weighted by Crippen LogP contribution is 2.28. The number of para-hydroxylation sites is 1. The van der Waals surface area contributed by atoms with E-state index in [2.05, 4.69) is 15.5 Å². The van der Waals surface area contributed by atoms with E-state index in [0.29, 0.717) is 11.8 Å². The van der Waals surface area contributed by atoms with Crippen molar-refractivity contribution in [1.82, 2.24) is 4.98 Å². The van der Waals surface area contributed by atoms with Crippen molar-refractivity contribution in [2.45, 2.75) is 6.18 Å². The van der Waals surface area contributed by atoms with Crippen LogP contribution in [0.3, 0.4) is 0 Å². The summed E-state index contributed by atoms with van der Waals surface area (Å²) in [5, 5.41) is 14.6. The molecule has 0 atom stereocenters. The summed E-state index contributed by atoms with van der Waals surface area (Å²) in [5.41, 5.74) is 1.96. The van der Waals surface area contributed by atoms with Crippen LogP contribution >= 0.6 is 0 Å². The van der Waals surface area contributed by atoms with Crippen molar-refractivity contribution in [2.75, 3.05) is 5.43 Å². The molecule has 0 radical (unpaired) electrons. The minimum Gasteiger partial charge on any atom is -0.261 e. The number of allylic oxidation sites excluding steroid dienone is 1. The Kier molecular flexibility index (Phi) is 5.25. The predicted molar refractivity (Wildman–Crippen MR) is 83.5 cm³/mol. The van der Waals surface area contributed by atoms with Gasteiger partial charge in [-0.1, -0.05) is 12.1 Å². The highest BCUT2D eigenvalue weighted by molar-refractivity contribution is 5.80. The Balaban J connectivity index is 1.97. The van der Waals surface area contributed by atoms with Gasteiger partial charge in [-0.15, -0.1) is 0 Å².